The molecule has 1 heterocycles. The largest absolute Gasteiger partial charge is 0.273 e. The van der Waals surface area contributed by atoms with Crippen LogP contribution in [0.3, 0.4) is 0 Å². The van der Waals surface area contributed by atoms with E-state index in [1.54, 1.807) is 24.3 Å². The third kappa shape index (κ3) is 3.00. The van der Waals surface area contributed by atoms with Gasteiger partial charge in [0.1, 0.15) is 10.8 Å². The maximum absolute atomic E-state index is 13.0. The second kappa shape index (κ2) is 6.14. The average molecular weight is 350 g/mol. The van der Waals surface area contributed by atoms with Gasteiger partial charge in [-0.2, -0.15) is 0 Å². The number of carbonyl (C=O) groups excluding carboxylic acids is 2. The molecule has 0 N–H and O–H groups in total. The van der Waals surface area contributed by atoms with E-state index >= 15 is 0 Å². The van der Waals surface area contributed by atoms with Crippen molar-refractivity contribution < 1.29 is 14.0 Å². The van der Waals surface area contributed by atoms with Crippen LogP contribution in [0.1, 0.15) is 11.1 Å². The SMILES string of the molecule is O=C1C(Cl)=C(c2ccc(F)cc2)C(=O)N1Cc1ccc(Cl)cc1. The van der Waals surface area contributed by atoms with Crippen LogP contribution in [-0.2, 0) is 16.1 Å². The number of hydrogen-bond acceptors (Lipinski definition) is 2. The Morgan fingerprint density at radius 3 is 2.09 bits per heavy atom. The van der Waals surface area contributed by atoms with Gasteiger partial charge in [0.2, 0.25) is 0 Å². The fourth-order valence-corrected chi connectivity index (χ4v) is 2.75. The van der Waals surface area contributed by atoms with Gasteiger partial charge in [-0.1, -0.05) is 47.5 Å². The number of benzene rings is 2. The van der Waals surface area contributed by atoms with Gasteiger partial charge in [0.05, 0.1) is 12.1 Å². The first-order chi connectivity index (χ1) is 11.0. The number of nitrogens with zero attached hydrogens (tertiary/aromatic N) is 1. The van der Waals surface area contributed by atoms with Crippen LogP contribution in [0.2, 0.25) is 5.02 Å². The molecule has 0 bridgehead atoms. The van der Waals surface area contributed by atoms with Gasteiger partial charge >= 0.3 is 0 Å². The van der Waals surface area contributed by atoms with E-state index in [0.717, 1.165) is 10.5 Å². The van der Waals surface area contributed by atoms with Crippen LogP contribution in [-0.4, -0.2) is 16.7 Å². The van der Waals surface area contributed by atoms with Gasteiger partial charge in [-0.15, -0.1) is 0 Å². The Bertz CT molecular complexity index is 813. The lowest BCUT2D eigenvalue weighted by Crippen LogP contribution is -2.30. The average Bonchev–Trinajstić information content (AvgIpc) is 2.74. The number of imide groups is 1. The van der Waals surface area contributed by atoms with Gasteiger partial charge in [-0.05, 0) is 35.4 Å². The molecular weight excluding hydrogens is 340 g/mol. The summed E-state index contributed by atoms with van der Waals surface area (Å²) in [6.45, 7) is 0.0930. The fourth-order valence-electron chi connectivity index (χ4n) is 2.33. The molecule has 1 aliphatic heterocycles. The van der Waals surface area contributed by atoms with Crippen molar-refractivity contribution in [2.45, 2.75) is 6.54 Å². The quantitative estimate of drug-likeness (QED) is 0.785. The topological polar surface area (TPSA) is 37.4 Å². The molecule has 2 aromatic rings. The summed E-state index contributed by atoms with van der Waals surface area (Å²) < 4.78 is 13.0. The standard InChI is InChI=1S/C17H10Cl2FNO2/c18-12-5-1-10(2-6-12)9-21-16(22)14(15(19)17(21)23)11-3-7-13(20)8-4-11/h1-8H,9H2. The minimum Gasteiger partial charge on any atom is -0.269 e. The second-order valence-electron chi connectivity index (χ2n) is 5.02. The van der Waals surface area contributed by atoms with Crippen molar-refractivity contribution in [1.29, 1.82) is 0 Å². The molecule has 0 aliphatic carbocycles. The Balaban J connectivity index is 1.89. The van der Waals surface area contributed by atoms with E-state index in [1.807, 2.05) is 0 Å². The van der Waals surface area contributed by atoms with E-state index < -0.39 is 17.6 Å². The number of hydrogen-bond donors (Lipinski definition) is 0. The van der Waals surface area contributed by atoms with Gasteiger partial charge in [-0.25, -0.2) is 4.39 Å². The van der Waals surface area contributed by atoms with E-state index in [-0.39, 0.29) is 17.2 Å². The lowest BCUT2D eigenvalue weighted by molar-refractivity contribution is -0.137. The molecule has 3 rings (SSSR count). The van der Waals surface area contributed by atoms with E-state index in [0.29, 0.717) is 10.6 Å². The molecule has 2 aromatic carbocycles. The number of carbonyl (C=O) groups is 2. The highest BCUT2D eigenvalue weighted by Crippen LogP contribution is 2.32. The normalized spacial score (nSPS) is 14.8. The van der Waals surface area contributed by atoms with Crippen LogP contribution in [0.4, 0.5) is 4.39 Å². The molecule has 1 aliphatic rings. The van der Waals surface area contributed by atoms with Gasteiger partial charge in [0, 0.05) is 5.02 Å². The Labute approximate surface area is 141 Å². The van der Waals surface area contributed by atoms with Crippen molar-refractivity contribution in [1.82, 2.24) is 4.90 Å². The predicted molar refractivity (Wildman–Crippen MR) is 86.2 cm³/mol. The van der Waals surface area contributed by atoms with Crippen LogP contribution in [0.25, 0.3) is 5.57 Å². The molecule has 0 atom stereocenters. The van der Waals surface area contributed by atoms with Gasteiger partial charge in [-0.3, -0.25) is 14.5 Å². The van der Waals surface area contributed by atoms with Crippen LogP contribution >= 0.6 is 23.2 Å². The Morgan fingerprint density at radius 2 is 1.48 bits per heavy atom. The Kier molecular flexibility index (Phi) is 4.20. The molecule has 3 nitrogen and oxygen atoms in total. The summed E-state index contributed by atoms with van der Waals surface area (Å²) in [5.74, 6) is -1.49. The lowest BCUT2D eigenvalue weighted by Gasteiger charge is -2.15. The summed E-state index contributed by atoms with van der Waals surface area (Å²) in [6.07, 6.45) is 0. The zero-order valence-corrected chi connectivity index (χ0v) is 13.2. The lowest BCUT2D eigenvalue weighted by atomic mass is 10.1. The minimum atomic E-state index is -0.564. The molecule has 0 spiro atoms. The maximum Gasteiger partial charge on any atom is 0.273 e. The van der Waals surface area contributed by atoms with Crippen molar-refractivity contribution in [3.05, 3.63) is 75.5 Å². The number of rotatable bonds is 3. The van der Waals surface area contributed by atoms with Crippen LogP contribution < -0.4 is 0 Å². The van der Waals surface area contributed by atoms with Crippen LogP contribution in [0, 0.1) is 5.82 Å². The third-order valence-corrected chi connectivity index (χ3v) is 4.10. The van der Waals surface area contributed by atoms with Crippen LogP contribution in [0.5, 0.6) is 0 Å². The molecule has 0 unspecified atom stereocenters. The maximum atomic E-state index is 13.0. The molecule has 6 heteroatoms. The highest BCUT2D eigenvalue weighted by Gasteiger charge is 2.38. The molecule has 0 saturated carbocycles. The van der Waals surface area contributed by atoms with Crippen molar-refractivity contribution >= 4 is 40.6 Å². The summed E-state index contributed by atoms with van der Waals surface area (Å²) in [5.41, 5.74) is 1.25. The monoisotopic (exact) mass is 349 g/mol. The minimum absolute atomic E-state index is 0.0885. The second-order valence-corrected chi connectivity index (χ2v) is 5.83. The van der Waals surface area contributed by atoms with Crippen molar-refractivity contribution in [3.8, 4) is 0 Å². The first-order valence-corrected chi connectivity index (χ1v) is 7.49. The molecular formula is C17H10Cl2FNO2. The zero-order chi connectivity index (χ0) is 16.6. The first-order valence-electron chi connectivity index (χ1n) is 6.73. The van der Waals surface area contributed by atoms with E-state index in [9.17, 15) is 14.0 Å². The van der Waals surface area contributed by atoms with Crippen LogP contribution in [0.15, 0.2) is 53.6 Å². The van der Waals surface area contributed by atoms with Gasteiger partial charge < -0.3 is 0 Å². The number of amides is 2. The Hall–Kier alpha value is -2.17. The first kappa shape index (κ1) is 15.7. The fraction of sp³-hybridized carbons (Fsp3) is 0.0588. The molecule has 0 aromatic heterocycles. The molecule has 0 radical (unpaired) electrons. The molecule has 0 saturated heterocycles. The van der Waals surface area contributed by atoms with Crippen molar-refractivity contribution in [2.75, 3.05) is 0 Å². The summed E-state index contributed by atoms with van der Waals surface area (Å²) in [4.78, 5) is 25.8. The van der Waals surface area contributed by atoms with E-state index in [4.69, 9.17) is 23.2 Å². The van der Waals surface area contributed by atoms with Crippen molar-refractivity contribution in [2.24, 2.45) is 0 Å². The Morgan fingerprint density at radius 1 is 0.870 bits per heavy atom. The summed E-state index contributed by atoms with van der Waals surface area (Å²) in [6, 6.07) is 12.1. The zero-order valence-electron chi connectivity index (χ0n) is 11.7. The third-order valence-electron chi connectivity index (χ3n) is 3.50. The van der Waals surface area contributed by atoms with Gasteiger partial charge in [0.15, 0.2) is 0 Å². The summed E-state index contributed by atoms with van der Waals surface area (Å²) in [5, 5.41) is 0.409. The molecule has 0 fully saturated rings. The summed E-state index contributed by atoms with van der Waals surface area (Å²) >= 11 is 11.9. The highest BCUT2D eigenvalue weighted by atomic mass is 35.5. The molecule has 2 amide bonds. The predicted octanol–water partition coefficient (Wildman–Crippen LogP) is 4.00. The van der Waals surface area contributed by atoms with Gasteiger partial charge in [0.25, 0.3) is 11.8 Å². The smallest absolute Gasteiger partial charge is 0.269 e. The van der Waals surface area contributed by atoms with Crippen molar-refractivity contribution in [3.63, 3.8) is 0 Å². The van der Waals surface area contributed by atoms with E-state index in [2.05, 4.69) is 0 Å². The molecule has 116 valence electrons. The van der Waals surface area contributed by atoms with E-state index in [1.165, 1.54) is 24.3 Å². The number of halogens is 3. The summed E-state index contributed by atoms with van der Waals surface area (Å²) in [7, 11) is 0. The highest BCUT2D eigenvalue weighted by molar-refractivity contribution is 6.55. The molecule has 23 heavy (non-hydrogen) atoms.